The predicted octanol–water partition coefficient (Wildman–Crippen LogP) is 2.05. The third-order valence-electron chi connectivity index (χ3n) is 3.00. The topological polar surface area (TPSA) is 66.0 Å². The van der Waals surface area contributed by atoms with Crippen molar-refractivity contribution in [3.05, 3.63) is 39.3 Å². The summed E-state index contributed by atoms with van der Waals surface area (Å²) >= 11 is 1.73. The second kappa shape index (κ2) is 3.45. The molecular weight excluding hydrogens is 224 g/mol. The molecule has 0 amide bonds. The molecule has 0 saturated heterocycles. The average Bonchev–Trinajstić information content (AvgIpc) is 2.92. The van der Waals surface area contributed by atoms with E-state index in [-0.39, 0.29) is 5.69 Å². The molecule has 4 nitrogen and oxygen atoms in total. The molecule has 1 aliphatic carbocycles. The first-order valence-corrected chi connectivity index (χ1v) is 5.96. The normalized spacial score (nSPS) is 18.6. The van der Waals surface area contributed by atoms with Crippen LogP contribution in [0.5, 0.6) is 0 Å². The number of fused-ring (bicyclic) bond motifs is 1. The summed E-state index contributed by atoms with van der Waals surface area (Å²) in [5.41, 5.74) is 2.05. The number of carboxylic acids is 1. The van der Waals surface area contributed by atoms with Gasteiger partial charge in [-0.25, -0.2) is 4.79 Å². The van der Waals surface area contributed by atoms with Crippen LogP contribution in [-0.4, -0.2) is 21.3 Å². The first-order chi connectivity index (χ1) is 7.75. The standard InChI is InChI=1S/C11H10N2O2S/c14-11(15)10-7-4-6(5-8(7)12-13-10)9-2-1-3-16-9/h1-3,6H,4-5H2,(H,12,13)(H,14,15). The van der Waals surface area contributed by atoms with Crippen molar-refractivity contribution >= 4 is 17.3 Å². The van der Waals surface area contributed by atoms with E-state index in [1.54, 1.807) is 11.3 Å². The molecule has 0 bridgehead atoms. The number of nitrogens with one attached hydrogen (secondary N) is 1. The van der Waals surface area contributed by atoms with Crippen molar-refractivity contribution in [2.75, 3.05) is 0 Å². The molecule has 0 fully saturated rings. The number of aromatic nitrogens is 2. The summed E-state index contributed by atoms with van der Waals surface area (Å²) in [7, 11) is 0. The van der Waals surface area contributed by atoms with Gasteiger partial charge in [0.25, 0.3) is 0 Å². The molecule has 3 rings (SSSR count). The number of thiophene rings is 1. The minimum absolute atomic E-state index is 0.189. The lowest BCUT2D eigenvalue weighted by Gasteiger charge is -2.05. The molecule has 1 atom stereocenters. The molecule has 2 heterocycles. The summed E-state index contributed by atoms with van der Waals surface area (Å²) in [6, 6.07) is 4.14. The number of aromatic carboxylic acids is 1. The number of carboxylic acid groups (broad SMARTS) is 1. The van der Waals surface area contributed by atoms with Gasteiger partial charge in [-0.05, 0) is 24.3 Å². The van der Waals surface area contributed by atoms with Crippen molar-refractivity contribution in [3.63, 3.8) is 0 Å². The highest BCUT2D eigenvalue weighted by atomic mass is 32.1. The molecule has 82 valence electrons. The average molecular weight is 234 g/mol. The zero-order valence-corrected chi connectivity index (χ0v) is 9.25. The third-order valence-corrected chi connectivity index (χ3v) is 4.04. The van der Waals surface area contributed by atoms with Crippen LogP contribution in [0, 0.1) is 0 Å². The van der Waals surface area contributed by atoms with Crippen LogP contribution in [0.15, 0.2) is 17.5 Å². The molecule has 0 aliphatic heterocycles. The monoisotopic (exact) mass is 234 g/mol. The molecule has 1 aliphatic rings. The van der Waals surface area contributed by atoms with Crippen LogP contribution in [0.2, 0.25) is 0 Å². The van der Waals surface area contributed by atoms with Crippen LogP contribution in [0.3, 0.4) is 0 Å². The van der Waals surface area contributed by atoms with E-state index in [0.29, 0.717) is 5.92 Å². The van der Waals surface area contributed by atoms with Crippen LogP contribution >= 0.6 is 11.3 Å². The van der Waals surface area contributed by atoms with Gasteiger partial charge in [0.1, 0.15) is 0 Å². The van der Waals surface area contributed by atoms with E-state index in [0.717, 1.165) is 24.1 Å². The smallest absolute Gasteiger partial charge is 0.356 e. The Morgan fingerprint density at radius 3 is 3.12 bits per heavy atom. The van der Waals surface area contributed by atoms with E-state index in [1.165, 1.54) is 4.88 Å². The fraction of sp³-hybridized carbons (Fsp3) is 0.273. The molecule has 0 spiro atoms. The quantitative estimate of drug-likeness (QED) is 0.835. The number of aromatic amines is 1. The van der Waals surface area contributed by atoms with Crippen LogP contribution < -0.4 is 0 Å². The Balaban J connectivity index is 1.92. The number of hydrogen-bond acceptors (Lipinski definition) is 3. The van der Waals surface area contributed by atoms with Gasteiger partial charge < -0.3 is 5.11 Å². The molecule has 0 radical (unpaired) electrons. The Labute approximate surface area is 95.9 Å². The second-order valence-electron chi connectivity index (χ2n) is 3.96. The van der Waals surface area contributed by atoms with Crippen molar-refractivity contribution in [3.8, 4) is 0 Å². The van der Waals surface area contributed by atoms with Crippen LogP contribution in [0.1, 0.15) is 32.5 Å². The maximum atomic E-state index is 10.9. The summed E-state index contributed by atoms with van der Waals surface area (Å²) in [4.78, 5) is 12.3. The zero-order chi connectivity index (χ0) is 11.1. The van der Waals surface area contributed by atoms with Gasteiger partial charge in [-0.2, -0.15) is 5.10 Å². The SMILES string of the molecule is O=C(O)c1n[nH]c2c1CC(c1cccs1)C2. The lowest BCUT2D eigenvalue weighted by Crippen LogP contribution is -2.03. The number of hydrogen-bond donors (Lipinski definition) is 2. The summed E-state index contributed by atoms with van der Waals surface area (Å²) in [6.45, 7) is 0. The molecule has 5 heteroatoms. The summed E-state index contributed by atoms with van der Waals surface area (Å²) in [6.07, 6.45) is 1.66. The van der Waals surface area contributed by atoms with Crippen molar-refractivity contribution in [1.29, 1.82) is 0 Å². The van der Waals surface area contributed by atoms with Gasteiger partial charge in [0.05, 0.1) is 0 Å². The Hall–Kier alpha value is -1.62. The summed E-state index contributed by atoms with van der Waals surface area (Å²) in [5, 5.41) is 17.7. The van der Waals surface area contributed by atoms with Gasteiger partial charge in [0, 0.05) is 22.1 Å². The summed E-state index contributed by atoms with van der Waals surface area (Å²) < 4.78 is 0. The van der Waals surface area contributed by atoms with Crippen LogP contribution in [-0.2, 0) is 12.8 Å². The van der Waals surface area contributed by atoms with E-state index in [1.807, 2.05) is 6.07 Å². The first-order valence-electron chi connectivity index (χ1n) is 5.08. The Morgan fingerprint density at radius 2 is 2.44 bits per heavy atom. The highest BCUT2D eigenvalue weighted by Crippen LogP contribution is 2.36. The van der Waals surface area contributed by atoms with Crippen LogP contribution in [0.25, 0.3) is 0 Å². The largest absolute Gasteiger partial charge is 0.476 e. The fourth-order valence-corrected chi connectivity index (χ4v) is 3.09. The maximum absolute atomic E-state index is 10.9. The van der Waals surface area contributed by atoms with Gasteiger partial charge in [0.2, 0.25) is 0 Å². The first kappa shape index (κ1) is 9.59. The number of rotatable bonds is 2. The Kier molecular flexibility index (Phi) is 2.07. The minimum Gasteiger partial charge on any atom is -0.476 e. The molecular formula is C11H10N2O2S. The zero-order valence-electron chi connectivity index (χ0n) is 8.43. The molecule has 2 N–H and O–H groups in total. The third kappa shape index (κ3) is 1.36. The van der Waals surface area contributed by atoms with Crippen molar-refractivity contribution in [2.45, 2.75) is 18.8 Å². The summed E-state index contributed by atoms with van der Waals surface area (Å²) in [5.74, 6) is -0.522. The van der Waals surface area contributed by atoms with E-state index >= 15 is 0 Å². The van der Waals surface area contributed by atoms with E-state index in [4.69, 9.17) is 5.11 Å². The molecule has 2 aromatic rings. The van der Waals surface area contributed by atoms with Crippen molar-refractivity contribution < 1.29 is 9.90 Å². The number of H-pyrrole nitrogens is 1. The minimum atomic E-state index is -0.940. The number of carbonyl (C=O) groups is 1. The van der Waals surface area contributed by atoms with Gasteiger partial charge in [-0.3, -0.25) is 5.10 Å². The van der Waals surface area contributed by atoms with Gasteiger partial charge in [-0.1, -0.05) is 6.07 Å². The molecule has 0 aromatic carbocycles. The number of nitrogens with zero attached hydrogens (tertiary/aromatic N) is 1. The van der Waals surface area contributed by atoms with E-state index in [2.05, 4.69) is 21.6 Å². The van der Waals surface area contributed by atoms with Gasteiger partial charge in [0.15, 0.2) is 5.69 Å². The van der Waals surface area contributed by atoms with Crippen molar-refractivity contribution in [2.24, 2.45) is 0 Å². The van der Waals surface area contributed by atoms with Gasteiger partial charge in [-0.15, -0.1) is 11.3 Å². The molecule has 2 aromatic heterocycles. The highest BCUT2D eigenvalue weighted by Gasteiger charge is 2.30. The maximum Gasteiger partial charge on any atom is 0.356 e. The fourth-order valence-electron chi connectivity index (χ4n) is 2.26. The van der Waals surface area contributed by atoms with Crippen molar-refractivity contribution in [1.82, 2.24) is 10.2 Å². The molecule has 1 unspecified atom stereocenters. The second-order valence-corrected chi connectivity index (χ2v) is 4.93. The van der Waals surface area contributed by atoms with E-state index < -0.39 is 5.97 Å². The predicted molar refractivity (Wildman–Crippen MR) is 60.0 cm³/mol. The van der Waals surface area contributed by atoms with E-state index in [9.17, 15) is 4.79 Å². The van der Waals surface area contributed by atoms with Crippen LogP contribution in [0.4, 0.5) is 0 Å². The van der Waals surface area contributed by atoms with Gasteiger partial charge >= 0.3 is 5.97 Å². The molecule has 16 heavy (non-hydrogen) atoms. The lowest BCUT2D eigenvalue weighted by molar-refractivity contribution is 0.0689. The molecule has 0 saturated carbocycles. The lowest BCUT2D eigenvalue weighted by atomic mass is 10.0. The Morgan fingerprint density at radius 1 is 1.56 bits per heavy atom. The highest BCUT2D eigenvalue weighted by molar-refractivity contribution is 7.10. The Bertz CT molecular complexity index is 530.